The van der Waals surface area contributed by atoms with E-state index in [-0.39, 0.29) is 0 Å². The number of ether oxygens (including phenoxy) is 1. The second kappa shape index (κ2) is 5.86. The highest BCUT2D eigenvalue weighted by Gasteiger charge is 1.98. The second-order valence-electron chi connectivity index (χ2n) is 3.95. The molecule has 2 rings (SSSR count). The SMILES string of the molecule is CCOc1ccc(/N=N/c2ccc(N)cc2N)cc1. The Bertz CT molecular complexity index is 578. The van der Waals surface area contributed by atoms with Gasteiger partial charge in [0.1, 0.15) is 11.4 Å². The normalized spacial score (nSPS) is 10.8. The maximum atomic E-state index is 5.80. The predicted octanol–water partition coefficient (Wildman–Crippen LogP) is 3.67. The van der Waals surface area contributed by atoms with Crippen LogP contribution in [0, 0.1) is 0 Å². The fraction of sp³-hybridized carbons (Fsp3) is 0.143. The van der Waals surface area contributed by atoms with Crippen LogP contribution in [0.4, 0.5) is 22.7 Å². The summed E-state index contributed by atoms with van der Waals surface area (Å²) in [5.74, 6) is 0.813. The number of rotatable bonds is 4. The molecule has 0 aliphatic carbocycles. The van der Waals surface area contributed by atoms with Crippen molar-refractivity contribution in [2.45, 2.75) is 6.92 Å². The minimum atomic E-state index is 0.509. The Hall–Kier alpha value is -2.56. The van der Waals surface area contributed by atoms with Gasteiger partial charge in [-0.05, 0) is 49.4 Å². The fourth-order valence-corrected chi connectivity index (χ4v) is 1.55. The van der Waals surface area contributed by atoms with Crippen LogP contribution in [0.25, 0.3) is 0 Å². The van der Waals surface area contributed by atoms with Crippen LogP contribution in [0.5, 0.6) is 5.75 Å². The summed E-state index contributed by atoms with van der Waals surface area (Å²) in [6, 6.07) is 12.5. The first-order valence-corrected chi connectivity index (χ1v) is 5.98. The van der Waals surface area contributed by atoms with Gasteiger partial charge in [0.05, 0.1) is 18.0 Å². The van der Waals surface area contributed by atoms with E-state index in [0.717, 1.165) is 11.4 Å². The van der Waals surface area contributed by atoms with E-state index in [2.05, 4.69) is 10.2 Å². The lowest BCUT2D eigenvalue weighted by Crippen LogP contribution is -1.90. The van der Waals surface area contributed by atoms with Crippen molar-refractivity contribution in [2.24, 2.45) is 10.2 Å². The number of azo groups is 1. The molecule has 0 atom stereocenters. The Kier molecular flexibility index (Phi) is 3.97. The second-order valence-corrected chi connectivity index (χ2v) is 3.95. The lowest BCUT2D eigenvalue weighted by atomic mass is 10.2. The Morgan fingerprint density at radius 3 is 2.37 bits per heavy atom. The number of nitrogens with two attached hydrogens (primary N) is 2. The van der Waals surface area contributed by atoms with Crippen molar-refractivity contribution >= 4 is 22.7 Å². The van der Waals surface area contributed by atoms with Crippen molar-refractivity contribution < 1.29 is 4.74 Å². The number of benzene rings is 2. The van der Waals surface area contributed by atoms with Crippen molar-refractivity contribution in [3.05, 3.63) is 42.5 Å². The van der Waals surface area contributed by atoms with E-state index in [0.29, 0.717) is 23.7 Å². The van der Waals surface area contributed by atoms with Crippen LogP contribution in [0.1, 0.15) is 6.92 Å². The molecule has 5 heteroatoms. The molecule has 0 saturated carbocycles. The van der Waals surface area contributed by atoms with E-state index in [1.165, 1.54) is 0 Å². The summed E-state index contributed by atoms with van der Waals surface area (Å²) < 4.78 is 5.35. The molecule has 0 aliphatic heterocycles. The topological polar surface area (TPSA) is 86.0 Å². The first-order valence-electron chi connectivity index (χ1n) is 5.98. The summed E-state index contributed by atoms with van der Waals surface area (Å²) in [6.07, 6.45) is 0. The molecule has 5 nitrogen and oxygen atoms in total. The highest BCUT2D eigenvalue weighted by Crippen LogP contribution is 2.26. The highest BCUT2D eigenvalue weighted by atomic mass is 16.5. The summed E-state index contributed by atoms with van der Waals surface area (Å²) in [7, 11) is 0. The maximum Gasteiger partial charge on any atom is 0.119 e. The van der Waals surface area contributed by atoms with Crippen LogP contribution < -0.4 is 16.2 Å². The molecule has 98 valence electrons. The molecule has 0 aromatic heterocycles. The number of hydrogen-bond donors (Lipinski definition) is 2. The van der Waals surface area contributed by atoms with Crippen molar-refractivity contribution in [3.63, 3.8) is 0 Å². The molecule has 0 unspecified atom stereocenters. The van der Waals surface area contributed by atoms with Gasteiger partial charge in [0.25, 0.3) is 0 Å². The van der Waals surface area contributed by atoms with E-state index in [1.54, 1.807) is 18.2 Å². The molecule has 0 radical (unpaired) electrons. The summed E-state index contributed by atoms with van der Waals surface area (Å²) >= 11 is 0. The minimum absolute atomic E-state index is 0.509. The largest absolute Gasteiger partial charge is 0.494 e. The zero-order valence-electron chi connectivity index (χ0n) is 10.7. The van der Waals surface area contributed by atoms with Gasteiger partial charge in [-0.1, -0.05) is 0 Å². The third-order valence-corrected chi connectivity index (χ3v) is 2.47. The molecule has 0 saturated heterocycles. The van der Waals surface area contributed by atoms with E-state index in [9.17, 15) is 0 Å². The third-order valence-electron chi connectivity index (χ3n) is 2.47. The van der Waals surface area contributed by atoms with Gasteiger partial charge in [0.2, 0.25) is 0 Å². The number of nitrogen functional groups attached to an aromatic ring is 2. The minimum Gasteiger partial charge on any atom is -0.494 e. The quantitative estimate of drug-likeness (QED) is 0.646. The highest BCUT2D eigenvalue weighted by molar-refractivity contribution is 5.67. The van der Waals surface area contributed by atoms with E-state index < -0.39 is 0 Å². The van der Waals surface area contributed by atoms with Crippen LogP contribution in [-0.4, -0.2) is 6.61 Å². The molecule has 0 heterocycles. The first kappa shape index (κ1) is 12.9. The zero-order chi connectivity index (χ0) is 13.7. The average Bonchev–Trinajstić information content (AvgIpc) is 2.40. The van der Waals surface area contributed by atoms with E-state index in [4.69, 9.17) is 16.2 Å². The summed E-state index contributed by atoms with van der Waals surface area (Å²) in [5, 5.41) is 8.21. The maximum absolute atomic E-state index is 5.80. The van der Waals surface area contributed by atoms with Gasteiger partial charge in [-0.3, -0.25) is 0 Å². The molecule has 19 heavy (non-hydrogen) atoms. The fourth-order valence-electron chi connectivity index (χ4n) is 1.55. The van der Waals surface area contributed by atoms with Gasteiger partial charge in [-0.25, -0.2) is 0 Å². The van der Waals surface area contributed by atoms with Crippen molar-refractivity contribution in [2.75, 3.05) is 18.1 Å². The predicted molar refractivity (Wildman–Crippen MR) is 77.1 cm³/mol. The molecular weight excluding hydrogens is 240 g/mol. The van der Waals surface area contributed by atoms with Crippen LogP contribution in [0.2, 0.25) is 0 Å². The summed E-state index contributed by atoms with van der Waals surface area (Å²) in [4.78, 5) is 0. The molecule has 0 amide bonds. The molecular formula is C14H16N4O. The third kappa shape index (κ3) is 3.45. The lowest BCUT2D eigenvalue weighted by Gasteiger charge is -2.02. The van der Waals surface area contributed by atoms with Gasteiger partial charge in [0.15, 0.2) is 0 Å². The molecule has 0 fully saturated rings. The number of nitrogens with zero attached hydrogens (tertiary/aromatic N) is 2. The Labute approximate surface area is 111 Å². The van der Waals surface area contributed by atoms with Crippen molar-refractivity contribution in [1.82, 2.24) is 0 Å². The summed E-state index contributed by atoms with van der Waals surface area (Å²) in [5.41, 5.74) is 13.9. The Morgan fingerprint density at radius 1 is 1.00 bits per heavy atom. The molecule has 0 spiro atoms. The van der Waals surface area contributed by atoms with Gasteiger partial charge in [-0.2, -0.15) is 5.11 Å². The van der Waals surface area contributed by atoms with E-state index in [1.807, 2.05) is 31.2 Å². The average molecular weight is 256 g/mol. The smallest absolute Gasteiger partial charge is 0.119 e. The van der Waals surface area contributed by atoms with Crippen LogP contribution >= 0.6 is 0 Å². The van der Waals surface area contributed by atoms with Crippen molar-refractivity contribution in [1.29, 1.82) is 0 Å². The van der Waals surface area contributed by atoms with Crippen LogP contribution in [0.15, 0.2) is 52.7 Å². The van der Waals surface area contributed by atoms with Gasteiger partial charge in [0, 0.05) is 5.69 Å². The summed E-state index contributed by atoms with van der Waals surface area (Å²) in [6.45, 7) is 2.58. The Morgan fingerprint density at radius 2 is 1.74 bits per heavy atom. The Balaban J connectivity index is 2.13. The molecule has 2 aromatic carbocycles. The standard InChI is InChI=1S/C14H16N4O/c1-2-19-12-6-4-11(5-7-12)17-18-14-8-3-10(15)9-13(14)16/h3-9H,2,15-16H2,1H3/b18-17+. The molecule has 0 bridgehead atoms. The molecule has 4 N–H and O–H groups in total. The van der Waals surface area contributed by atoms with Crippen LogP contribution in [-0.2, 0) is 0 Å². The lowest BCUT2D eigenvalue weighted by molar-refractivity contribution is 0.340. The van der Waals surface area contributed by atoms with Gasteiger partial charge >= 0.3 is 0 Å². The molecule has 2 aromatic rings. The monoisotopic (exact) mass is 256 g/mol. The van der Waals surface area contributed by atoms with Crippen molar-refractivity contribution in [3.8, 4) is 5.75 Å². The van der Waals surface area contributed by atoms with Crippen LogP contribution in [0.3, 0.4) is 0 Å². The van der Waals surface area contributed by atoms with E-state index >= 15 is 0 Å². The van der Waals surface area contributed by atoms with Gasteiger partial charge in [-0.15, -0.1) is 5.11 Å². The zero-order valence-corrected chi connectivity index (χ0v) is 10.7. The first-order chi connectivity index (χ1) is 9.19. The van der Waals surface area contributed by atoms with Gasteiger partial charge < -0.3 is 16.2 Å². The number of hydrogen-bond acceptors (Lipinski definition) is 5. The molecule has 0 aliphatic rings. The number of anilines is 2.